The summed E-state index contributed by atoms with van der Waals surface area (Å²) in [5.74, 6) is -0.810. The van der Waals surface area contributed by atoms with E-state index in [4.69, 9.17) is 4.74 Å². The summed E-state index contributed by atoms with van der Waals surface area (Å²) in [6.45, 7) is 0. The first-order valence-electron chi connectivity index (χ1n) is 4.48. The summed E-state index contributed by atoms with van der Waals surface area (Å²) in [5, 5.41) is 0. The average molecular weight is 243 g/mol. The fraction of sp³-hybridized carbons (Fsp3) is 0.200. The van der Waals surface area contributed by atoms with Crippen LogP contribution in [0.15, 0.2) is 30.3 Å². The van der Waals surface area contributed by atoms with Crippen LogP contribution in [0, 0.1) is 0 Å². The number of esters is 2. The number of rotatable bonds is 3. The van der Waals surface area contributed by atoms with Gasteiger partial charge >= 0.3 is 19.8 Å². The molecule has 0 aliphatic rings. The highest BCUT2D eigenvalue weighted by Crippen LogP contribution is 2.09. The van der Waals surface area contributed by atoms with Crippen molar-refractivity contribution in [3.8, 4) is 5.75 Å². The van der Waals surface area contributed by atoms with Crippen molar-refractivity contribution in [2.75, 3.05) is 7.11 Å². The van der Waals surface area contributed by atoms with E-state index in [0.29, 0.717) is 5.75 Å². The summed E-state index contributed by atoms with van der Waals surface area (Å²) in [4.78, 5) is 21.7. The van der Waals surface area contributed by atoms with Gasteiger partial charge in [0.25, 0.3) is 0 Å². The predicted octanol–water partition coefficient (Wildman–Crippen LogP) is 1.61. The van der Waals surface area contributed by atoms with E-state index in [0.717, 1.165) is 0 Å². The van der Waals surface area contributed by atoms with E-state index in [-0.39, 0.29) is 6.42 Å². The van der Waals surface area contributed by atoms with Crippen molar-refractivity contribution in [1.29, 1.82) is 0 Å². The number of carbonyl (C=O) groups excluding carboxylic acids is 2. The zero-order valence-electron chi connectivity index (χ0n) is 9.06. The molecule has 1 rings (SSSR count). The second-order valence-electron chi connectivity index (χ2n) is 2.62. The van der Waals surface area contributed by atoms with E-state index >= 15 is 0 Å². The van der Waals surface area contributed by atoms with E-state index in [2.05, 4.69) is 4.74 Å². The van der Waals surface area contributed by atoms with Crippen LogP contribution in [0.25, 0.3) is 0 Å². The molecule has 1 aromatic rings. The molecule has 7 heteroatoms. The summed E-state index contributed by atoms with van der Waals surface area (Å²) in [5.41, 5.74) is 0. The highest BCUT2D eigenvalue weighted by molar-refractivity contribution is 6.15. The van der Waals surface area contributed by atoms with Crippen LogP contribution in [0.3, 0.4) is 0 Å². The molecule has 0 amide bonds. The molecule has 0 bridgehead atoms. The van der Waals surface area contributed by atoms with Crippen LogP contribution in [0.1, 0.15) is 6.42 Å². The zero-order chi connectivity index (χ0) is 13.1. The fourth-order valence-corrected chi connectivity index (χ4v) is 0.846. The highest BCUT2D eigenvalue weighted by Gasteiger charge is 2.10. The number of methoxy groups -OCH3 is 1. The quantitative estimate of drug-likeness (QED) is 0.350. The Morgan fingerprint density at radius 2 is 1.71 bits per heavy atom. The lowest BCUT2D eigenvalue weighted by Crippen LogP contribution is -2.14. The molecule has 0 heterocycles. The summed E-state index contributed by atoms with van der Waals surface area (Å²) in [7, 11) is 0.220. The van der Waals surface area contributed by atoms with E-state index in [1.165, 1.54) is 7.11 Å². The van der Waals surface area contributed by atoms with Gasteiger partial charge in [0.15, 0.2) is 0 Å². The molecule has 0 spiro atoms. The molecular formula is C10H10BF2O4. The molecule has 0 aromatic heterocycles. The van der Waals surface area contributed by atoms with Crippen molar-refractivity contribution in [2.24, 2.45) is 0 Å². The molecule has 0 saturated heterocycles. The molecule has 4 nitrogen and oxygen atoms in total. The zero-order valence-corrected chi connectivity index (χ0v) is 9.06. The summed E-state index contributed by atoms with van der Waals surface area (Å²) >= 11 is 0. The Kier molecular flexibility index (Phi) is 8.27. The van der Waals surface area contributed by atoms with E-state index in [9.17, 15) is 18.2 Å². The van der Waals surface area contributed by atoms with Crippen LogP contribution >= 0.6 is 0 Å². The minimum absolute atomic E-state index is 0.370. The molecule has 0 aliphatic heterocycles. The molecule has 1 radical (unpaired) electrons. The Morgan fingerprint density at radius 3 is 2.18 bits per heavy atom. The summed E-state index contributed by atoms with van der Waals surface area (Å²) in [6.07, 6.45) is -0.370. The van der Waals surface area contributed by atoms with Crippen molar-refractivity contribution in [1.82, 2.24) is 0 Å². The van der Waals surface area contributed by atoms with Gasteiger partial charge in [-0.3, -0.25) is 18.2 Å². The van der Waals surface area contributed by atoms with E-state index in [1.807, 2.05) is 0 Å². The van der Waals surface area contributed by atoms with Crippen LogP contribution in [0.2, 0.25) is 0 Å². The van der Waals surface area contributed by atoms with Gasteiger partial charge in [0, 0.05) is 0 Å². The Balaban J connectivity index is 0.000000770. The topological polar surface area (TPSA) is 52.6 Å². The Morgan fingerprint density at radius 1 is 1.18 bits per heavy atom. The van der Waals surface area contributed by atoms with Gasteiger partial charge in [-0.05, 0) is 12.1 Å². The van der Waals surface area contributed by atoms with Gasteiger partial charge < -0.3 is 9.47 Å². The molecule has 0 N–H and O–H groups in total. The van der Waals surface area contributed by atoms with Gasteiger partial charge in [-0.25, -0.2) is 0 Å². The lowest BCUT2D eigenvalue weighted by atomic mass is 10.3. The SMILES string of the molecule is COC(=O)CC(=O)Oc1ccccc1.F[B]F. The fourth-order valence-electron chi connectivity index (χ4n) is 0.846. The lowest BCUT2D eigenvalue weighted by Gasteiger charge is -2.02. The minimum Gasteiger partial charge on any atom is -0.469 e. The van der Waals surface area contributed by atoms with Crippen LogP contribution < -0.4 is 4.74 Å². The molecule has 0 aliphatic carbocycles. The number of hydrogen-bond donors (Lipinski definition) is 0. The maximum atomic E-state index is 11.1. The Labute approximate surface area is 97.9 Å². The number of halogens is 2. The first kappa shape index (κ1) is 15.1. The van der Waals surface area contributed by atoms with E-state index < -0.39 is 19.8 Å². The number of benzene rings is 1. The Hall–Kier alpha value is -1.92. The molecule has 0 unspecified atom stereocenters. The monoisotopic (exact) mass is 243 g/mol. The van der Waals surface area contributed by atoms with Gasteiger partial charge in [-0.15, -0.1) is 0 Å². The van der Waals surface area contributed by atoms with Crippen molar-refractivity contribution in [2.45, 2.75) is 6.42 Å². The van der Waals surface area contributed by atoms with Crippen LogP contribution in [-0.4, -0.2) is 26.9 Å². The Bertz CT molecular complexity index is 345. The first-order valence-corrected chi connectivity index (χ1v) is 4.48. The molecule has 1 aromatic carbocycles. The number of ether oxygens (including phenoxy) is 2. The van der Waals surface area contributed by atoms with Gasteiger partial charge in [0.1, 0.15) is 12.2 Å². The molecule has 0 fully saturated rings. The third-order valence-corrected chi connectivity index (χ3v) is 1.49. The van der Waals surface area contributed by atoms with Gasteiger partial charge in [-0.1, -0.05) is 18.2 Å². The van der Waals surface area contributed by atoms with Gasteiger partial charge in [-0.2, -0.15) is 0 Å². The maximum absolute atomic E-state index is 11.1. The first-order chi connectivity index (χ1) is 8.13. The molecule has 17 heavy (non-hydrogen) atoms. The minimum atomic E-state index is -1.00. The number of hydrogen-bond acceptors (Lipinski definition) is 4. The third-order valence-electron chi connectivity index (χ3n) is 1.49. The smallest absolute Gasteiger partial charge is 0.469 e. The van der Waals surface area contributed by atoms with Gasteiger partial charge in [0.05, 0.1) is 7.11 Å². The van der Waals surface area contributed by atoms with Crippen molar-refractivity contribution in [3.63, 3.8) is 0 Å². The molecular weight excluding hydrogens is 233 g/mol. The standard InChI is InChI=1S/C10H10O4.BF2/c1-13-9(11)7-10(12)14-8-5-3-2-4-6-8;2-1-3/h2-6H,7H2,1H3;. The largest absolute Gasteiger partial charge is 0.577 e. The second-order valence-corrected chi connectivity index (χ2v) is 2.62. The molecule has 0 atom stereocenters. The summed E-state index contributed by atoms with van der Waals surface area (Å²) in [6, 6.07) is 8.55. The van der Waals surface area contributed by atoms with Crippen molar-refractivity contribution < 1.29 is 27.7 Å². The normalized spacial score (nSPS) is 8.41. The van der Waals surface area contributed by atoms with Crippen LogP contribution in [0.5, 0.6) is 5.75 Å². The van der Waals surface area contributed by atoms with Crippen LogP contribution in [0.4, 0.5) is 8.63 Å². The van der Waals surface area contributed by atoms with Crippen molar-refractivity contribution >= 4 is 19.8 Å². The number of carbonyl (C=O) groups is 2. The van der Waals surface area contributed by atoms with Crippen LogP contribution in [-0.2, 0) is 14.3 Å². The summed E-state index contributed by atoms with van der Waals surface area (Å²) < 4.78 is 28.2. The maximum Gasteiger partial charge on any atom is 0.577 e. The molecule has 0 saturated carbocycles. The van der Waals surface area contributed by atoms with Crippen molar-refractivity contribution in [3.05, 3.63) is 30.3 Å². The third kappa shape index (κ3) is 7.95. The van der Waals surface area contributed by atoms with E-state index in [1.54, 1.807) is 30.3 Å². The average Bonchev–Trinajstić information content (AvgIpc) is 2.31. The number of para-hydroxylation sites is 1. The molecule has 91 valence electrons. The predicted molar refractivity (Wildman–Crippen MR) is 56.7 cm³/mol. The second kappa shape index (κ2) is 9.32. The van der Waals surface area contributed by atoms with Gasteiger partial charge in [0.2, 0.25) is 0 Å². The highest BCUT2D eigenvalue weighted by atomic mass is 19.2. The lowest BCUT2D eigenvalue weighted by molar-refractivity contribution is -0.148.